The summed E-state index contributed by atoms with van der Waals surface area (Å²) in [6.45, 7) is -2.77. The molecule has 1 fully saturated rings. The number of nitrogens with two attached hydrogens (primary N) is 2. The van der Waals surface area contributed by atoms with Gasteiger partial charge in [-0.2, -0.15) is 23.1 Å². The smallest absolute Gasteiger partial charge is 0.333 e. The molecule has 0 radical (unpaired) electrons. The SMILES string of the molecule is NC1=CC(N)(c2ccnc(-c3cnn(S(=O)(=O)C4CC4)c3)n2)NC=C1c1ccn(C(F)F)n1. The molecule has 0 saturated heterocycles. The van der Waals surface area contributed by atoms with E-state index >= 15 is 0 Å². The van der Waals surface area contributed by atoms with Gasteiger partial charge in [0.1, 0.15) is 0 Å². The third-order valence-corrected chi connectivity index (χ3v) is 7.37. The molecule has 11 nitrogen and oxygen atoms in total. The minimum absolute atomic E-state index is 0.222. The van der Waals surface area contributed by atoms with Gasteiger partial charge < -0.3 is 16.8 Å². The maximum atomic E-state index is 12.8. The lowest BCUT2D eigenvalue weighted by Gasteiger charge is -2.30. The van der Waals surface area contributed by atoms with Crippen molar-refractivity contribution in [2.24, 2.45) is 11.5 Å². The van der Waals surface area contributed by atoms with Crippen molar-refractivity contribution in [3.63, 3.8) is 0 Å². The van der Waals surface area contributed by atoms with Gasteiger partial charge in [-0.3, -0.25) is 0 Å². The lowest BCUT2D eigenvalue weighted by Crippen LogP contribution is -2.49. The average Bonchev–Trinajstić information content (AvgIpc) is 3.32. The molecule has 4 heterocycles. The highest BCUT2D eigenvalue weighted by atomic mass is 32.2. The van der Waals surface area contributed by atoms with E-state index in [1.807, 2.05) is 0 Å². The van der Waals surface area contributed by atoms with Gasteiger partial charge in [0.15, 0.2) is 11.5 Å². The van der Waals surface area contributed by atoms with Crippen molar-refractivity contribution in [2.75, 3.05) is 0 Å². The van der Waals surface area contributed by atoms with Crippen LogP contribution in [0.2, 0.25) is 0 Å². The second-order valence-electron chi connectivity index (χ2n) is 7.74. The zero-order chi connectivity index (χ0) is 23.4. The van der Waals surface area contributed by atoms with Crippen LogP contribution in [0.3, 0.4) is 0 Å². The number of hydrogen-bond donors (Lipinski definition) is 3. The van der Waals surface area contributed by atoms with E-state index in [1.54, 1.807) is 6.07 Å². The molecule has 1 atom stereocenters. The van der Waals surface area contributed by atoms with Crippen LogP contribution in [0.25, 0.3) is 17.0 Å². The summed E-state index contributed by atoms with van der Waals surface area (Å²) in [5.41, 5.74) is 12.9. The quantitative estimate of drug-likeness (QED) is 0.470. The first-order valence-corrected chi connectivity index (χ1v) is 11.4. The lowest BCUT2D eigenvalue weighted by molar-refractivity contribution is 0.0565. The van der Waals surface area contributed by atoms with Crippen molar-refractivity contribution in [1.29, 1.82) is 0 Å². The van der Waals surface area contributed by atoms with Crippen LogP contribution in [0.5, 0.6) is 0 Å². The van der Waals surface area contributed by atoms with Crippen molar-refractivity contribution < 1.29 is 17.2 Å². The van der Waals surface area contributed by atoms with Crippen LogP contribution >= 0.6 is 0 Å². The number of allylic oxidation sites excluding steroid dienone is 1. The highest BCUT2D eigenvalue weighted by Gasteiger charge is 2.38. The van der Waals surface area contributed by atoms with Gasteiger partial charge in [-0.15, -0.1) is 0 Å². The van der Waals surface area contributed by atoms with Gasteiger partial charge in [-0.05, 0) is 31.1 Å². The van der Waals surface area contributed by atoms with Crippen LogP contribution in [0, 0.1) is 0 Å². The van der Waals surface area contributed by atoms with Gasteiger partial charge in [0.05, 0.1) is 34.6 Å². The molecule has 14 heteroatoms. The highest BCUT2D eigenvalue weighted by Crippen LogP contribution is 2.31. The van der Waals surface area contributed by atoms with E-state index in [0.29, 0.717) is 34.4 Å². The monoisotopic (exact) mass is 475 g/mol. The van der Waals surface area contributed by atoms with Crippen molar-refractivity contribution in [3.8, 4) is 11.4 Å². The molecule has 0 spiro atoms. The van der Waals surface area contributed by atoms with E-state index in [4.69, 9.17) is 11.5 Å². The normalized spacial score (nSPS) is 21.0. The average molecular weight is 475 g/mol. The van der Waals surface area contributed by atoms with Gasteiger partial charge in [0.25, 0.3) is 10.0 Å². The Morgan fingerprint density at radius 1 is 1.27 bits per heavy atom. The molecule has 3 aromatic heterocycles. The maximum absolute atomic E-state index is 12.8. The minimum atomic E-state index is -3.51. The number of alkyl halides is 2. The molecular weight excluding hydrogens is 456 g/mol. The number of aromatic nitrogens is 6. The number of hydrogen-bond acceptors (Lipinski definition) is 9. The van der Waals surface area contributed by atoms with Gasteiger partial charge in [-0.1, -0.05) is 0 Å². The first-order valence-electron chi connectivity index (χ1n) is 9.89. The molecule has 3 aromatic rings. The molecular formula is C19H19F2N9O2S. The molecule has 0 aromatic carbocycles. The molecule has 1 saturated carbocycles. The van der Waals surface area contributed by atoms with E-state index in [0.717, 1.165) is 10.3 Å². The largest absolute Gasteiger partial charge is 0.398 e. The van der Waals surface area contributed by atoms with E-state index in [9.17, 15) is 17.2 Å². The maximum Gasteiger partial charge on any atom is 0.333 e. The van der Waals surface area contributed by atoms with Crippen molar-refractivity contribution in [3.05, 3.63) is 66.3 Å². The molecule has 0 amide bonds. The Kier molecular flexibility index (Phi) is 4.79. The first kappa shape index (κ1) is 21.2. The van der Waals surface area contributed by atoms with Crippen LogP contribution in [0.4, 0.5) is 8.78 Å². The number of nitrogens with one attached hydrogen (secondary N) is 1. The van der Waals surface area contributed by atoms with Gasteiger partial charge in [0.2, 0.25) is 0 Å². The van der Waals surface area contributed by atoms with Gasteiger partial charge in [0, 0.05) is 29.9 Å². The van der Waals surface area contributed by atoms with Gasteiger partial charge >= 0.3 is 6.55 Å². The van der Waals surface area contributed by atoms with Crippen LogP contribution < -0.4 is 16.8 Å². The summed E-state index contributed by atoms with van der Waals surface area (Å²) in [5, 5.41) is 10.3. The Morgan fingerprint density at radius 2 is 2.06 bits per heavy atom. The molecule has 5 N–H and O–H groups in total. The molecule has 1 aliphatic heterocycles. The first-order chi connectivity index (χ1) is 15.7. The molecule has 1 aliphatic carbocycles. The van der Waals surface area contributed by atoms with Crippen molar-refractivity contribution >= 4 is 15.6 Å². The second kappa shape index (κ2) is 7.45. The predicted octanol–water partition coefficient (Wildman–Crippen LogP) is 0.870. The van der Waals surface area contributed by atoms with Crippen LogP contribution in [0.15, 0.2) is 54.9 Å². The summed E-state index contributed by atoms with van der Waals surface area (Å²) in [4.78, 5) is 8.66. The Labute approximate surface area is 186 Å². The Bertz CT molecular complexity index is 1390. The Balaban J connectivity index is 1.42. The van der Waals surface area contributed by atoms with Crippen LogP contribution in [0.1, 0.15) is 30.8 Å². The highest BCUT2D eigenvalue weighted by molar-refractivity contribution is 7.90. The Hall–Kier alpha value is -3.65. The van der Waals surface area contributed by atoms with E-state index in [2.05, 4.69) is 25.5 Å². The number of rotatable bonds is 6. The number of nitrogens with zero attached hydrogens (tertiary/aromatic N) is 6. The molecule has 172 valence electrons. The fraction of sp³-hybridized carbons (Fsp3) is 0.263. The summed E-state index contributed by atoms with van der Waals surface area (Å²) in [5.74, 6) is 0.230. The topological polar surface area (TPSA) is 160 Å². The fourth-order valence-corrected chi connectivity index (χ4v) is 4.88. The third-order valence-electron chi connectivity index (χ3n) is 5.34. The Morgan fingerprint density at radius 3 is 2.73 bits per heavy atom. The van der Waals surface area contributed by atoms with E-state index < -0.39 is 27.5 Å². The zero-order valence-electron chi connectivity index (χ0n) is 17.0. The predicted molar refractivity (Wildman–Crippen MR) is 113 cm³/mol. The number of dihydropyridines is 1. The molecule has 5 rings (SSSR count). The van der Waals surface area contributed by atoms with E-state index in [1.165, 1.54) is 36.9 Å². The number of halogens is 2. The summed E-state index contributed by atoms with van der Waals surface area (Å²) in [7, 11) is -3.51. The van der Waals surface area contributed by atoms with Crippen LogP contribution in [-0.4, -0.2) is 42.6 Å². The zero-order valence-corrected chi connectivity index (χ0v) is 17.8. The van der Waals surface area contributed by atoms with Crippen LogP contribution in [-0.2, 0) is 15.7 Å². The summed E-state index contributed by atoms with van der Waals surface area (Å²) in [6, 6.07) is 3.00. The van der Waals surface area contributed by atoms with E-state index in [-0.39, 0.29) is 17.2 Å². The summed E-state index contributed by atoms with van der Waals surface area (Å²) in [6.07, 6.45) is 9.59. The second-order valence-corrected chi connectivity index (χ2v) is 9.81. The van der Waals surface area contributed by atoms with Crippen molar-refractivity contribution in [1.82, 2.24) is 34.3 Å². The standard InChI is InChI=1S/C19H19F2N9O2S/c20-18(21)29-6-4-15(28-29)13-9-25-19(23,7-14(13)22)16-3-5-24-17(27-16)11-8-26-30(10-11)33(31,32)12-1-2-12/h3-10,12,18,25H,1-2,22-23H2. The third kappa shape index (κ3) is 3.76. The summed E-state index contributed by atoms with van der Waals surface area (Å²) >= 11 is 0. The summed E-state index contributed by atoms with van der Waals surface area (Å²) < 4.78 is 51.9. The molecule has 0 bridgehead atoms. The molecule has 1 unspecified atom stereocenters. The fourth-order valence-electron chi connectivity index (χ4n) is 3.41. The minimum Gasteiger partial charge on any atom is -0.398 e. The van der Waals surface area contributed by atoms with Gasteiger partial charge in [-0.25, -0.2) is 23.1 Å². The lowest BCUT2D eigenvalue weighted by atomic mass is 9.98. The molecule has 33 heavy (non-hydrogen) atoms. The van der Waals surface area contributed by atoms with Crippen molar-refractivity contribution in [2.45, 2.75) is 30.3 Å². The molecule has 2 aliphatic rings.